The third kappa shape index (κ3) is 6.89. The van der Waals surface area contributed by atoms with E-state index in [1.165, 1.54) is 10.9 Å². The predicted molar refractivity (Wildman–Crippen MR) is 108 cm³/mol. The smallest absolute Gasteiger partial charge is 0.357 e. The molecule has 2 rings (SSSR count). The second-order valence-corrected chi connectivity index (χ2v) is 7.28. The van der Waals surface area contributed by atoms with Crippen LogP contribution in [0.1, 0.15) is 33.6 Å². The van der Waals surface area contributed by atoms with Crippen LogP contribution < -0.4 is 10.6 Å². The van der Waals surface area contributed by atoms with E-state index >= 15 is 0 Å². The molecule has 0 atom stereocenters. The van der Waals surface area contributed by atoms with Crippen molar-refractivity contribution >= 4 is 17.3 Å². The van der Waals surface area contributed by atoms with Gasteiger partial charge in [0.1, 0.15) is 0 Å². The number of aliphatic imine (C=N–C) groups is 1. The highest BCUT2D eigenvalue weighted by molar-refractivity contribution is 7.11. The summed E-state index contributed by atoms with van der Waals surface area (Å²) in [4.78, 5) is 10.2. The summed E-state index contributed by atoms with van der Waals surface area (Å²) in [6.07, 6.45) is -3.61. The van der Waals surface area contributed by atoms with Crippen LogP contribution in [-0.4, -0.2) is 30.6 Å². The van der Waals surface area contributed by atoms with Crippen LogP contribution in [0.3, 0.4) is 0 Å². The highest BCUT2D eigenvalue weighted by Crippen LogP contribution is 2.29. The van der Waals surface area contributed by atoms with Gasteiger partial charge < -0.3 is 10.6 Å². The van der Waals surface area contributed by atoms with Crippen LogP contribution in [-0.2, 0) is 12.6 Å². The molecular formula is C20H23F3N4S. The van der Waals surface area contributed by atoms with E-state index in [9.17, 15) is 13.2 Å². The quantitative estimate of drug-likeness (QED) is 0.448. The number of nitrogens with one attached hydrogen (secondary N) is 2. The first kappa shape index (κ1) is 21.8. The number of guanidine groups is 1. The lowest BCUT2D eigenvalue weighted by atomic mass is 10.1. The van der Waals surface area contributed by atoms with Crippen LogP contribution in [0.5, 0.6) is 0 Å². The van der Waals surface area contributed by atoms with Gasteiger partial charge in [-0.2, -0.15) is 13.2 Å². The Balaban J connectivity index is 1.90. The molecule has 1 aromatic carbocycles. The minimum Gasteiger partial charge on any atom is -0.357 e. The van der Waals surface area contributed by atoms with E-state index in [2.05, 4.69) is 39.4 Å². The Morgan fingerprint density at radius 2 is 2.04 bits per heavy atom. The molecule has 1 aromatic heterocycles. The van der Waals surface area contributed by atoms with E-state index in [1.54, 1.807) is 17.4 Å². The van der Waals surface area contributed by atoms with Gasteiger partial charge in [0, 0.05) is 30.0 Å². The molecule has 0 saturated carbocycles. The summed E-state index contributed by atoms with van der Waals surface area (Å²) in [5.41, 5.74) is 0.682. The molecule has 0 spiro atoms. The SMILES string of the molecule is CCNC(=NCCc1nc(C)c(C)s1)NCC#Cc1cccc(C(F)(F)F)c1. The van der Waals surface area contributed by atoms with Crippen LogP contribution in [0, 0.1) is 25.7 Å². The number of hydrogen-bond donors (Lipinski definition) is 2. The van der Waals surface area contributed by atoms with Crippen molar-refractivity contribution in [3.8, 4) is 11.8 Å². The molecule has 0 amide bonds. The number of aryl methyl sites for hydroxylation is 2. The van der Waals surface area contributed by atoms with Crippen LogP contribution in [0.25, 0.3) is 0 Å². The Labute approximate surface area is 167 Å². The molecule has 1 heterocycles. The van der Waals surface area contributed by atoms with Gasteiger partial charge in [0.25, 0.3) is 0 Å². The van der Waals surface area contributed by atoms with Gasteiger partial charge in [-0.05, 0) is 39.0 Å². The monoisotopic (exact) mass is 408 g/mol. The van der Waals surface area contributed by atoms with Crippen molar-refractivity contribution in [1.29, 1.82) is 0 Å². The molecule has 2 N–H and O–H groups in total. The Morgan fingerprint density at radius 1 is 1.25 bits per heavy atom. The van der Waals surface area contributed by atoms with E-state index in [4.69, 9.17) is 0 Å². The summed E-state index contributed by atoms with van der Waals surface area (Å²) < 4.78 is 38.2. The molecule has 28 heavy (non-hydrogen) atoms. The number of thiazole rings is 1. The fourth-order valence-electron chi connectivity index (χ4n) is 2.30. The number of aromatic nitrogens is 1. The molecule has 4 nitrogen and oxygen atoms in total. The molecule has 2 aromatic rings. The Kier molecular flexibility index (Phi) is 7.88. The number of alkyl halides is 3. The maximum Gasteiger partial charge on any atom is 0.416 e. The molecular weight excluding hydrogens is 385 g/mol. The van der Waals surface area contributed by atoms with Gasteiger partial charge in [-0.25, -0.2) is 4.98 Å². The van der Waals surface area contributed by atoms with Gasteiger partial charge >= 0.3 is 6.18 Å². The van der Waals surface area contributed by atoms with Crippen molar-refractivity contribution < 1.29 is 13.2 Å². The summed E-state index contributed by atoms with van der Waals surface area (Å²) >= 11 is 1.68. The lowest BCUT2D eigenvalue weighted by Crippen LogP contribution is -2.37. The number of benzene rings is 1. The van der Waals surface area contributed by atoms with E-state index in [0.717, 1.165) is 29.3 Å². The number of halogens is 3. The third-order valence-electron chi connectivity index (χ3n) is 3.78. The summed E-state index contributed by atoms with van der Waals surface area (Å²) in [6.45, 7) is 7.56. The summed E-state index contributed by atoms with van der Waals surface area (Å²) in [6, 6.07) is 4.99. The topological polar surface area (TPSA) is 49.3 Å². The average Bonchev–Trinajstić information content (AvgIpc) is 2.96. The molecule has 0 aliphatic rings. The molecule has 0 aliphatic carbocycles. The van der Waals surface area contributed by atoms with Crippen molar-refractivity contribution in [2.75, 3.05) is 19.6 Å². The fourth-order valence-corrected chi connectivity index (χ4v) is 3.22. The highest BCUT2D eigenvalue weighted by Gasteiger charge is 2.30. The van der Waals surface area contributed by atoms with Crippen molar-refractivity contribution in [3.05, 3.63) is 51.0 Å². The van der Waals surface area contributed by atoms with Gasteiger partial charge in [-0.3, -0.25) is 4.99 Å². The normalized spacial score (nSPS) is 11.7. The van der Waals surface area contributed by atoms with Gasteiger partial charge in [0.2, 0.25) is 0 Å². The second-order valence-electron chi connectivity index (χ2n) is 5.99. The molecule has 0 aliphatic heterocycles. The lowest BCUT2D eigenvalue weighted by Gasteiger charge is -2.08. The number of rotatable bonds is 5. The zero-order valence-electron chi connectivity index (χ0n) is 16.1. The maximum atomic E-state index is 12.7. The number of hydrogen-bond acceptors (Lipinski definition) is 3. The first-order valence-electron chi connectivity index (χ1n) is 8.90. The minimum atomic E-state index is -4.37. The van der Waals surface area contributed by atoms with E-state index < -0.39 is 11.7 Å². The Bertz CT molecular complexity index is 856. The zero-order chi connectivity index (χ0) is 20.6. The average molecular weight is 408 g/mol. The Hall–Kier alpha value is -2.53. The Morgan fingerprint density at radius 3 is 2.68 bits per heavy atom. The lowest BCUT2D eigenvalue weighted by molar-refractivity contribution is -0.137. The van der Waals surface area contributed by atoms with Crippen molar-refractivity contribution in [3.63, 3.8) is 0 Å². The highest BCUT2D eigenvalue weighted by atomic mass is 32.1. The zero-order valence-corrected chi connectivity index (χ0v) is 16.9. The maximum absolute atomic E-state index is 12.7. The molecule has 150 valence electrons. The van der Waals surface area contributed by atoms with Gasteiger partial charge in [-0.15, -0.1) is 11.3 Å². The van der Waals surface area contributed by atoms with E-state index in [0.29, 0.717) is 24.6 Å². The van der Waals surface area contributed by atoms with Gasteiger partial charge in [-0.1, -0.05) is 17.9 Å². The molecule has 0 radical (unpaired) electrons. The van der Waals surface area contributed by atoms with E-state index in [-0.39, 0.29) is 6.54 Å². The van der Waals surface area contributed by atoms with Crippen LogP contribution >= 0.6 is 11.3 Å². The fraction of sp³-hybridized carbons (Fsp3) is 0.400. The summed E-state index contributed by atoms with van der Waals surface area (Å²) in [5.74, 6) is 6.19. The van der Waals surface area contributed by atoms with Gasteiger partial charge in [0.05, 0.1) is 22.8 Å². The second kappa shape index (κ2) is 10.1. The summed E-state index contributed by atoms with van der Waals surface area (Å²) in [7, 11) is 0. The molecule has 0 saturated heterocycles. The minimum absolute atomic E-state index is 0.275. The van der Waals surface area contributed by atoms with Crippen molar-refractivity contribution in [1.82, 2.24) is 15.6 Å². The molecule has 8 heteroatoms. The third-order valence-corrected chi connectivity index (χ3v) is 4.91. The molecule has 0 fully saturated rings. The van der Waals surface area contributed by atoms with Crippen molar-refractivity contribution in [2.45, 2.75) is 33.4 Å². The first-order chi connectivity index (χ1) is 13.3. The molecule has 0 unspecified atom stereocenters. The van der Waals surface area contributed by atoms with Crippen molar-refractivity contribution in [2.24, 2.45) is 4.99 Å². The number of nitrogens with zero attached hydrogens (tertiary/aromatic N) is 2. The summed E-state index contributed by atoms with van der Waals surface area (Å²) in [5, 5.41) is 7.24. The molecule has 0 bridgehead atoms. The van der Waals surface area contributed by atoms with Gasteiger partial charge in [0.15, 0.2) is 5.96 Å². The predicted octanol–water partition coefficient (Wildman–Crippen LogP) is 3.93. The largest absolute Gasteiger partial charge is 0.416 e. The van der Waals surface area contributed by atoms with Crippen LogP contribution in [0.2, 0.25) is 0 Å². The van der Waals surface area contributed by atoms with Crippen LogP contribution in [0.15, 0.2) is 29.3 Å². The van der Waals surface area contributed by atoms with E-state index in [1.807, 2.05) is 13.8 Å². The van der Waals surface area contributed by atoms with Crippen LogP contribution in [0.4, 0.5) is 13.2 Å². The standard InChI is InChI=1S/C20H23F3N4S/c1-4-24-19(26-12-10-18-27-14(2)15(3)28-18)25-11-6-8-16-7-5-9-17(13-16)20(21,22)23/h5,7,9,13H,4,10-12H2,1-3H3,(H2,24,25,26). The first-order valence-corrected chi connectivity index (χ1v) is 9.72.